The molecule has 22 heavy (non-hydrogen) atoms. The van der Waals surface area contributed by atoms with Crippen LogP contribution in [0.25, 0.3) is 11.3 Å². The SMILES string of the molecule is CC(C)(CCO)CNC(=O)c1cn[nH]c1-c1ccc(F)cc1. The maximum absolute atomic E-state index is 13.0. The first-order chi connectivity index (χ1) is 10.4. The van der Waals surface area contributed by atoms with Crippen molar-refractivity contribution in [3.63, 3.8) is 0 Å². The zero-order valence-corrected chi connectivity index (χ0v) is 12.7. The number of benzene rings is 1. The Hall–Kier alpha value is -2.21. The van der Waals surface area contributed by atoms with Gasteiger partial charge in [-0.3, -0.25) is 9.89 Å². The first kappa shape index (κ1) is 16.2. The van der Waals surface area contributed by atoms with Crippen molar-refractivity contribution in [2.45, 2.75) is 20.3 Å². The molecule has 0 saturated heterocycles. The highest BCUT2D eigenvalue weighted by atomic mass is 19.1. The molecule has 0 saturated carbocycles. The van der Waals surface area contributed by atoms with Gasteiger partial charge in [-0.05, 0) is 36.1 Å². The fraction of sp³-hybridized carbons (Fsp3) is 0.375. The Labute approximate surface area is 128 Å². The van der Waals surface area contributed by atoms with Gasteiger partial charge in [0.2, 0.25) is 0 Å². The summed E-state index contributed by atoms with van der Waals surface area (Å²) >= 11 is 0. The Balaban J connectivity index is 2.12. The number of aliphatic hydroxyl groups is 1. The minimum atomic E-state index is -0.333. The number of hydrogen-bond acceptors (Lipinski definition) is 3. The van der Waals surface area contributed by atoms with Crippen LogP contribution >= 0.6 is 0 Å². The number of carbonyl (C=O) groups excluding carboxylic acids is 1. The summed E-state index contributed by atoms with van der Waals surface area (Å²) in [5, 5.41) is 18.5. The standard InChI is InChI=1S/C16H20FN3O2/c1-16(2,7-8-21)10-18-15(22)13-9-19-20-14(13)11-3-5-12(17)6-4-11/h3-6,9,21H,7-8,10H2,1-2H3,(H,18,22)(H,19,20). The van der Waals surface area contributed by atoms with Crippen LogP contribution in [0.2, 0.25) is 0 Å². The fourth-order valence-electron chi connectivity index (χ4n) is 2.10. The molecule has 0 aliphatic heterocycles. The number of carbonyl (C=O) groups is 1. The molecule has 1 aromatic carbocycles. The number of rotatable bonds is 6. The number of aliphatic hydroxyl groups excluding tert-OH is 1. The summed E-state index contributed by atoms with van der Waals surface area (Å²) in [6.45, 7) is 4.47. The Morgan fingerprint density at radius 1 is 1.36 bits per heavy atom. The second-order valence-corrected chi connectivity index (χ2v) is 5.99. The van der Waals surface area contributed by atoms with Crippen LogP contribution in [-0.2, 0) is 0 Å². The fourth-order valence-corrected chi connectivity index (χ4v) is 2.10. The summed E-state index contributed by atoms with van der Waals surface area (Å²) in [4.78, 5) is 12.3. The first-order valence-electron chi connectivity index (χ1n) is 7.11. The van der Waals surface area contributed by atoms with Crippen molar-refractivity contribution in [2.24, 2.45) is 5.41 Å². The number of H-pyrrole nitrogens is 1. The second-order valence-electron chi connectivity index (χ2n) is 5.99. The van der Waals surface area contributed by atoms with Crippen LogP contribution in [0.4, 0.5) is 4.39 Å². The molecular weight excluding hydrogens is 285 g/mol. The van der Waals surface area contributed by atoms with E-state index in [-0.39, 0.29) is 23.7 Å². The average Bonchev–Trinajstić information content (AvgIpc) is 2.95. The third-order valence-electron chi connectivity index (χ3n) is 3.53. The van der Waals surface area contributed by atoms with Gasteiger partial charge in [-0.2, -0.15) is 5.10 Å². The highest BCUT2D eigenvalue weighted by molar-refractivity contribution is 5.99. The van der Waals surface area contributed by atoms with E-state index in [0.29, 0.717) is 29.8 Å². The summed E-state index contributed by atoms with van der Waals surface area (Å²) in [5.41, 5.74) is 1.46. The molecule has 118 valence electrons. The van der Waals surface area contributed by atoms with Gasteiger partial charge in [0.1, 0.15) is 5.82 Å². The van der Waals surface area contributed by atoms with Crippen molar-refractivity contribution in [3.05, 3.63) is 41.8 Å². The zero-order chi connectivity index (χ0) is 16.2. The van der Waals surface area contributed by atoms with E-state index in [0.717, 1.165) is 0 Å². The number of amides is 1. The van der Waals surface area contributed by atoms with Crippen LogP contribution in [0.15, 0.2) is 30.5 Å². The molecule has 2 aromatic rings. The molecule has 0 aliphatic carbocycles. The number of nitrogens with one attached hydrogen (secondary N) is 2. The molecule has 1 aromatic heterocycles. The average molecular weight is 305 g/mol. The van der Waals surface area contributed by atoms with E-state index in [4.69, 9.17) is 5.11 Å². The maximum atomic E-state index is 13.0. The minimum absolute atomic E-state index is 0.0788. The van der Waals surface area contributed by atoms with Gasteiger partial charge in [-0.15, -0.1) is 0 Å². The zero-order valence-electron chi connectivity index (χ0n) is 12.7. The number of aromatic nitrogens is 2. The molecule has 1 heterocycles. The third kappa shape index (κ3) is 3.92. The Morgan fingerprint density at radius 2 is 2.05 bits per heavy atom. The molecule has 6 heteroatoms. The molecular formula is C16H20FN3O2. The molecule has 0 radical (unpaired) electrons. The molecule has 0 spiro atoms. The number of hydrogen-bond donors (Lipinski definition) is 3. The molecule has 5 nitrogen and oxygen atoms in total. The predicted molar refractivity (Wildman–Crippen MR) is 81.8 cm³/mol. The van der Waals surface area contributed by atoms with Crippen molar-refractivity contribution in [1.29, 1.82) is 0 Å². The minimum Gasteiger partial charge on any atom is -0.396 e. The van der Waals surface area contributed by atoms with Gasteiger partial charge < -0.3 is 10.4 Å². The summed E-state index contributed by atoms with van der Waals surface area (Å²) in [6, 6.07) is 5.86. The normalized spacial score (nSPS) is 11.5. The van der Waals surface area contributed by atoms with Crippen LogP contribution in [0, 0.1) is 11.2 Å². The lowest BCUT2D eigenvalue weighted by molar-refractivity contribution is 0.0929. The number of aromatic amines is 1. The summed E-state index contributed by atoms with van der Waals surface area (Å²) in [7, 11) is 0. The summed E-state index contributed by atoms with van der Waals surface area (Å²) < 4.78 is 13.0. The lowest BCUT2D eigenvalue weighted by Gasteiger charge is -2.23. The van der Waals surface area contributed by atoms with Gasteiger partial charge in [-0.1, -0.05) is 13.8 Å². The smallest absolute Gasteiger partial charge is 0.255 e. The van der Waals surface area contributed by atoms with E-state index in [1.165, 1.54) is 18.3 Å². The summed E-state index contributed by atoms with van der Waals surface area (Å²) in [6.07, 6.45) is 2.05. The Kier molecular flexibility index (Phi) is 4.92. The predicted octanol–water partition coefficient (Wildman–Crippen LogP) is 2.35. The van der Waals surface area contributed by atoms with Gasteiger partial charge >= 0.3 is 0 Å². The van der Waals surface area contributed by atoms with Crippen LogP contribution < -0.4 is 5.32 Å². The molecule has 0 unspecified atom stereocenters. The Morgan fingerprint density at radius 3 is 2.68 bits per heavy atom. The van der Waals surface area contributed by atoms with E-state index < -0.39 is 0 Å². The molecule has 2 rings (SSSR count). The van der Waals surface area contributed by atoms with Crippen LogP contribution in [0.3, 0.4) is 0 Å². The molecule has 1 amide bonds. The Bertz CT molecular complexity index is 635. The van der Waals surface area contributed by atoms with E-state index in [2.05, 4.69) is 15.5 Å². The second kappa shape index (κ2) is 6.70. The monoisotopic (exact) mass is 305 g/mol. The third-order valence-corrected chi connectivity index (χ3v) is 3.53. The van der Waals surface area contributed by atoms with Crippen LogP contribution in [-0.4, -0.2) is 34.4 Å². The largest absolute Gasteiger partial charge is 0.396 e. The quantitative estimate of drug-likeness (QED) is 0.766. The van der Waals surface area contributed by atoms with Crippen molar-refractivity contribution in [1.82, 2.24) is 15.5 Å². The first-order valence-corrected chi connectivity index (χ1v) is 7.11. The topological polar surface area (TPSA) is 78.0 Å². The van der Waals surface area contributed by atoms with Crippen molar-refractivity contribution < 1.29 is 14.3 Å². The van der Waals surface area contributed by atoms with Crippen molar-refractivity contribution in [3.8, 4) is 11.3 Å². The number of nitrogens with zero attached hydrogens (tertiary/aromatic N) is 1. The van der Waals surface area contributed by atoms with Gasteiger partial charge in [0, 0.05) is 18.7 Å². The van der Waals surface area contributed by atoms with Crippen LogP contribution in [0.1, 0.15) is 30.6 Å². The highest BCUT2D eigenvalue weighted by Gasteiger charge is 2.21. The lowest BCUT2D eigenvalue weighted by atomic mass is 9.89. The lowest BCUT2D eigenvalue weighted by Crippen LogP contribution is -2.34. The molecule has 0 fully saturated rings. The molecule has 3 N–H and O–H groups in total. The molecule has 0 aliphatic rings. The molecule has 0 bridgehead atoms. The van der Waals surface area contributed by atoms with Gasteiger partial charge in [0.15, 0.2) is 0 Å². The van der Waals surface area contributed by atoms with E-state index in [1.54, 1.807) is 12.1 Å². The summed E-state index contributed by atoms with van der Waals surface area (Å²) in [5.74, 6) is -0.584. The van der Waals surface area contributed by atoms with Gasteiger partial charge in [-0.25, -0.2) is 4.39 Å². The highest BCUT2D eigenvalue weighted by Crippen LogP contribution is 2.22. The van der Waals surface area contributed by atoms with Crippen LogP contribution in [0.5, 0.6) is 0 Å². The van der Waals surface area contributed by atoms with Gasteiger partial charge in [0.25, 0.3) is 5.91 Å². The van der Waals surface area contributed by atoms with E-state index in [1.807, 2.05) is 13.8 Å². The van der Waals surface area contributed by atoms with E-state index >= 15 is 0 Å². The van der Waals surface area contributed by atoms with Gasteiger partial charge in [0.05, 0.1) is 17.5 Å². The molecule has 0 atom stereocenters. The van der Waals surface area contributed by atoms with Crippen molar-refractivity contribution in [2.75, 3.05) is 13.2 Å². The van der Waals surface area contributed by atoms with E-state index in [9.17, 15) is 9.18 Å². The number of halogens is 1. The maximum Gasteiger partial charge on any atom is 0.255 e. The van der Waals surface area contributed by atoms with Crippen molar-refractivity contribution >= 4 is 5.91 Å².